The van der Waals surface area contributed by atoms with Crippen molar-refractivity contribution in [1.29, 1.82) is 10.5 Å². The number of rotatable bonds is 4. The van der Waals surface area contributed by atoms with E-state index >= 15 is 0 Å². The zero-order valence-corrected chi connectivity index (χ0v) is 16.7. The van der Waals surface area contributed by atoms with Crippen LogP contribution in [0.2, 0.25) is 0 Å². The summed E-state index contributed by atoms with van der Waals surface area (Å²) < 4.78 is 0. The number of nitrogens with zero attached hydrogens (tertiary/aromatic N) is 8. The van der Waals surface area contributed by atoms with Gasteiger partial charge in [-0.1, -0.05) is 0 Å². The predicted molar refractivity (Wildman–Crippen MR) is 116 cm³/mol. The molecule has 2 fully saturated rings. The normalized spacial score (nSPS) is 18.5. The minimum atomic E-state index is 0.0347. The van der Waals surface area contributed by atoms with Crippen LogP contribution in [-0.4, -0.2) is 52.4 Å². The van der Waals surface area contributed by atoms with Crippen molar-refractivity contribution in [3.8, 4) is 12.1 Å². The average Bonchev–Trinajstić information content (AvgIpc) is 3.21. The summed E-state index contributed by atoms with van der Waals surface area (Å²) in [5.74, 6) is 2.14. The maximum absolute atomic E-state index is 9.08. The van der Waals surface area contributed by atoms with Gasteiger partial charge in [-0.2, -0.15) is 10.5 Å². The van der Waals surface area contributed by atoms with Crippen LogP contribution in [0.1, 0.15) is 12.0 Å². The number of benzene rings is 1. The molecule has 4 heterocycles. The molecule has 0 bridgehead atoms. The highest BCUT2D eigenvalue weighted by Crippen LogP contribution is 2.35. The molecule has 3 aromatic rings. The van der Waals surface area contributed by atoms with Gasteiger partial charge in [0.1, 0.15) is 6.07 Å². The van der Waals surface area contributed by atoms with Gasteiger partial charge in [-0.15, -0.1) is 10.2 Å². The van der Waals surface area contributed by atoms with Crippen molar-refractivity contribution < 1.29 is 0 Å². The van der Waals surface area contributed by atoms with E-state index in [0.717, 1.165) is 41.9 Å². The van der Waals surface area contributed by atoms with Crippen molar-refractivity contribution in [2.24, 2.45) is 5.92 Å². The van der Waals surface area contributed by atoms with E-state index in [-0.39, 0.29) is 12.0 Å². The smallest absolute Gasteiger partial charge is 0.222 e. The largest absolute Gasteiger partial charge is 0.399 e. The summed E-state index contributed by atoms with van der Waals surface area (Å²) in [5, 5.41) is 32.3. The van der Waals surface area contributed by atoms with E-state index in [2.05, 4.69) is 41.4 Å². The van der Waals surface area contributed by atoms with E-state index in [9.17, 15) is 0 Å². The number of hydrogen-bond acceptors (Lipinski definition) is 10. The molecule has 1 atom stereocenters. The summed E-state index contributed by atoms with van der Waals surface area (Å²) in [6.07, 6.45) is 3.92. The fourth-order valence-corrected chi connectivity index (χ4v) is 4.06. The summed E-state index contributed by atoms with van der Waals surface area (Å²) in [4.78, 5) is 12.7. The van der Waals surface area contributed by atoms with Crippen LogP contribution >= 0.6 is 0 Å². The topological polar surface area (TPSA) is 144 Å². The van der Waals surface area contributed by atoms with Gasteiger partial charge in [0.25, 0.3) is 0 Å². The Labute approximate surface area is 178 Å². The van der Waals surface area contributed by atoms with Crippen molar-refractivity contribution in [2.45, 2.75) is 12.5 Å². The number of nitrogens with two attached hydrogens (primary N) is 1. The standard InChI is InChI=1S/C21H20N10/c22-6-13-8-25-21(26-9-13)27-16-3-4-30(12-16)19-17-2-1-15(24)5-18(17)20(29-28-19)31-10-14(7-23)11-31/h1-2,5,8-9,14,16H,3-4,10-12,24H2,(H,25,26,27)/t16-/m1/s1. The average molecular weight is 412 g/mol. The number of fused-ring (bicyclic) bond motifs is 1. The second-order valence-electron chi connectivity index (χ2n) is 7.87. The summed E-state index contributed by atoms with van der Waals surface area (Å²) in [7, 11) is 0. The molecule has 31 heavy (non-hydrogen) atoms. The van der Waals surface area contributed by atoms with Gasteiger partial charge in [-0.3, -0.25) is 0 Å². The first kappa shape index (κ1) is 18.8. The molecule has 0 radical (unpaired) electrons. The van der Waals surface area contributed by atoms with Crippen LogP contribution in [0.4, 0.5) is 23.3 Å². The molecular formula is C21H20N10. The fraction of sp³-hybridized carbons (Fsp3) is 0.333. The molecule has 0 aliphatic carbocycles. The van der Waals surface area contributed by atoms with Crippen LogP contribution < -0.4 is 20.9 Å². The number of nitrogens with one attached hydrogen (secondary N) is 1. The molecule has 2 aliphatic rings. The van der Waals surface area contributed by atoms with Crippen LogP contribution in [0.25, 0.3) is 10.8 Å². The van der Waals surface area contributed by atoms with Crippen LogP contribution in [0.15, 0.2) is 30.6 Å². The van der Waals surface area contributed by atoms with Crippen molar-refractivity contribution >= 4 is 34.0 Å². The molecule has 5 rings (SSSR count). The number of anilines is 4. The van der Waals surface area contributed by atoms with Gasteiger partial charge in [-0.25, -0.2) is 9.97 Å². The molecule has 10 nitrogen and oxygen atoms in total. The lowest BCUT2D eigenvalue weighted by atomic mass is 10.0. The Hall–Kier alpha value is -4.18. The van der Waals surface area contributed by atoms with Crippen molar-refractivity contribution in [3.05, 3.63) is 36.2 Å². The number of nitrogen functional groups attached to an aromatic ring is 1. The second kappa shape index (κ2) is 7.58. The van der Waals surface area contributed by atoms with Gasteiger partial charge in [0, 0.05) is 48.7 Å². The van der Waals surface area contributed by atoms with Crippen LogP contribution in [-0.2, 0) is 0 Å². The fourth-order valence-electron chi connectivity index (χ4n) is 4.06. The van der Waals surface area contributed by atoms with Gasteiger partial charge >= 0.3 is 0 Å². The Balaban J connectivity index is 1.38. The lowest BCUT2D eigenvalue weighted by molar-refractivity contribution is 0.499. The van der Waals surface area contributed by atoms with Crippen LogP contribution in [0.5, 0.6) is 0 Å². The quantitative estimate of drug-likeness (QED) is 0.605. The highest BCUT2D eigenvalue weighted by molar-refractivity contribution is 6.00. The molecule has 1 aromatic carbocycles. The van der Waals surface area contributed by atoms with Crippen LogP contribution in [0.3, 0.4) is 0 Å². The predicted octanol–water partition coefficient (Wildman–Crippen LogP) is 1.52. The van der Waals surface area contributed by atoms with Gasteiger partial charge in [0.05, 0.1) is 29.9 Å². The molecule has 154 valence electrons. The molecule has 0 saturated carbocycles. The second-order valence-corrected chi connectivity index (χ2v) is 7.87. The Bertz CT molecular complexity index is 1200. The summed E-state index contributed by atoms with van der Waals surface area (Å²) in [5.41, 5.74) is 7.17. The van der Waals surface area contributed by atoms with Gasteiger partial charge in [0.2, 0.25) is 5.95 Å². The molecule has 2 saturated heterocycles. The maximum atomic E-state index is 9.08. The van der Waals surface area contributed by atoms with Gasteiger partial charge in [0.15, 0.2) is 11.6 Å². The summed E-state index contributed by atoms with van der Waals surface area (Å²) in [6.45, 7) is 2.88. The third-order valence-corrected chi connectivity index (χ3v) is 5.73. The first-order valence-electron chi connectivity index (χ1n) is 10.1. The Kier molecular flexibility index (Phi) is 4.60. The van der Waals surface area contributed by atoms with E-state index in [4.69, 9.17) is 16.3 Å². The lowest BCUT2D eigenvalue weighted by Crippen LogP contribution is -2.46. The Morgan fingerprint density at radius 2 is 1.74 bits per heavy atom. The third kappa shape index (κ3) is 3.49. The Morgan fingerprint density at radius 3 is 2.45 bits per heavy atom. The SMILES string of the molecule is N#Cc1cnc(N[C@@H]2CCN(c3nnc(N4CC(C#N)C4)c4cc(N)ccc34)C2)nc1. The third-order valence-electron chi connectivity index (χ3n) is 5.73. The van der Waals surface area contributed by atoms with E-state index in [1.54, 1.807) is 0 Å². The van der Waals surface area contributed by atoms with Gasteiger partial charge < -0.3 is 20.9 Å². The zero-order valence-electron chi connectivity index (χ0n) is 16.7. The summed E-state index contributed by atoms with van der Waals surface area (Å²) in [6, 6.07) is 10.3. The first-order valence-corrected chi connectivity index (χ1v) is 10.1. The van der Waals surface area contributed by atoms with Crippen molar-refractivity contribution in [1.82, 2.24) is 20.2 Å². The van der Waals surface area contributed by atoms with Crippen molar-refractivity contribution in [2.75, 3.05) is 47.0 Å². The van der Waals surface area contributed by atoms with Crippen LogP contribution in [0, 0.1) is 28.6 Å². The molecule has 0 unspecified atom stereocenters. The molecule has 0 spiro atoms. The zero-order chi connectivity index (χ0) is 21.4. The monoisotopic (exact) mass is 412 g/mol. The number of aromatic nitrogens is 4. The molecule has 2 aromatic heterocycles. The van der Waals surface area contributed by atoms with E-state index in [1.807, 2.05) is 24.3 Å². The number of nitriles is 2. The minimum absolute atomic E-state index is 0.0347. The lowest BCUT2D eigenvalue weighted by Gasteiger charge is -2.36. The highest BCUT2D eigenvalue weighted by Gasteiger charge is 2.31. The molecular weight excluding hydrogens is 392 g/mol. The maximum Gasteiger partial charge on any atom is 0.222 e. The molecule has 2 aliphatic heterocycles. The summed E-state index contributed by atoms with van der Waals surface area (Å²) >= 11 is 0. The van der Waals surface area contributed by atoms with E-state index in [1.165, 1.54) is 12.4 Å². The first-order chi connectivity index (χ1) is 15.1. The number of hydrogen-bond donors (Lipinski definition) is 2. The minimum Gasteiger partial charge on any atom is -0.399 e. The van der Waals surface area contributed by atoms with Crippen molar-refractivity contribution in [3.63, 3.8) is 0 Å². The molecule has 0 amide bonds. The van der Waals surface area contributed by atoms with Gasteiger partial charge in [-0.05, 0) is 24.6 Å². The highest BCUT2D eigenvalue weighted by atomic mass is 15.3. The van der Waals surface area contributed by atoms with E-state index in [0.29, 0.717) is 30.3 Å². The Morgan fingerprint density at radius 1 is 1.00 bits per heavy atom. The van der Waals surface area contributed by atoms with E-state index < -0.39 is 0 Å². The molecule has 10 heteroatoms. The molecule has 3 N–H and O–H groups in total.